The number of nitrogens with one attached hydrogen (secondary N) is 1. The lowest BCUT2D eigenvalue weighted by atomic mass is 9.86. The van der Waals surface area contributed by atoms with Gasteiger partial charge in [-0.1, -0.05) is 0 Å². The second kappa shape index (κ2) is 9.02. The molecular formula is C15H23ClN2O5. The van der Waals surface area contributed by atoms with Gasteiger partial charge < -0.3 is 25.0 Å². The van der Waals surface area contributed by atoms with Gasteiger partial charge in [0.25, 0.3) is 0 Å². The molecule has 1 heterocycles. The van der Waals surface area contributed by atoms with Gasteiger partial charge in [-0.25, -0.2) is 0 Å². The van der Waals surface area contributed by atoms with Crippen molar-refractivity contribution >= 4 is 18.3 Å². The first-order valence-electron chi connectivity index (χ1n) is 7.19. The molecule has 1 aliphatic carbocycles. The number of aliphatic hydroxyl groups excluding tert-OH is 2. The van der Waals surface area contributed by atoms with E-state index < -0.39 is 17.6 Å². The average molecular weight is 347 g/mol. The van der Waals surface area contributed by atoms with Crippen LogP contribution < -0.4 is 10.1 Å². The highest BCUT2D eigenvalue weighted by atomic mass is 35.5. The molecule has 1 aliphatic rings. The van der Waals surface area contributed by atoms with Crippen LogP contribution in [0.2, 0.25) is 0 Å². The summed E-state index contributed by atoms with van der Waals surface area (Å²) in [4.78, 5) is 15.5. The second-order valence-corrected chi connectivity index (χ2v) is 5.73. The van der Waals surface area contributed by atoms with E-state index in [9.17, 15) is 15.0 Å². The zero-order chi connectivity index (χ0) is 16.0. The van der Waals surface area contributed by atoms with Gasteiger partial charge in [0.15, 0.2) is 0 Å². The molecule has 130 valence electrons. The molecule has 8 heteroatoms. The van der Waals surface area contributed by atoms with Crippen LogP contribution in [0, 0.1) is 5.41 Å². The summed E-state index contributed by atoms with van der Waals surface area (Å²) in [6, 6.07) is 3.55. The number of carbonyl (C=O) groups excluding carboxylic acids is 1. The summed E-state index contributed by atoms with van der Waals surface area (Å²) in [6.45, 7) is 0.564. The number of hydrogen-bond donors (Lipinski definition) is 3. The van der Waals surface area contributed by atoms with E-state index in [1.807, 2.05) is 0 Å². The van der Waals surface area contributed by atoms with Crippen LogP contribution in [0.4, 0.5) is 0 Å². The molecule has 1 aromatic heterocycles. The zero-order valence-electron chi connectivity index (χ0n) is 13.0. The van der Waals surface area contributed by atoms with Gasteiger partial charge in [0.05, 0.1) is 25.0 Å². The number of aliphatic hydroxyl groups is 2. The number of pyridine rings is 1. The maximum Gasteiger partial charge on any atom is 0.246 e. The first kappa shape index (κ1) is 19.6. The van der Waals surface area contributed by atoms with Crippen LogP contribution in [-0.2, 0) is 9.53 Å². The van der Waals surface area contributed by atoms with Crippen molar-refractivity contribution < 1.29 is 24.5 Å². The molecule has 7 nitrogen and oxygen atoms in total. The molecule has 1 amide bonds. The fourth-order valence-corrected chi connectivity index (χ4v) is 2.69. The Balaban J connectivity index is 0.00000264. The Bertz CT molecular complexity index is 478. The smallest absolute Gasteiger partial charge is 0.246 e. The summed E-state index contributed by atoms with van der Waals surface area (Å²) in [5.74, 6) is 0.375. The molecule has 23 heavy (non-hydrogen) atoms. The Labute approximate surface area is 141 Å². The average Bonchev–Trinajstić information content (AvgIpc) is 2.80. The third kappa shape index (κ3) is 5.62. The number of ether oxygens (including phenoxy) is 2. The van der Waals surface area contributed by atoms with Crippen molar-refractivity contribution in [1.29, 1.82) is 0 Å². The number of amides is 1. The summed E-state index contributed by atoms with van der Waals surface area (Å²) in [5.41, 5.74) is -0.516. The minimum atomic E-state index is -0.808. The quantitative estimate of drug-likeness (QED) is 0.649. The van der Waals surface area contributed by atoms with E-state index in [1.54, 1.807) is 24.5 Å². The van der Waals surface area contributed by atoms with Gasteiger partial charge in [0, 0.05) is 25.3 Å². The van der Waals surface area contributed by atoms with Crippen molar-refractivity contribution in [3.63, 3.8) is 0 Å². The summed E-state index contributed by atoms with van der Waals surface area (Å²) in [6.07, 6.45) is 2.35. The highest BCUT2D eigenvalue weighted by Crippen LogP contribution is 2.38. The van der Waals surface area contributed by atoms with Crippen molar-refractivity contribution in [2.75, 3.05) is 26.9 Å². The van der Waals surface area contributed by atoms with Crippen molar-refractivity contribution in [3.8, 4) is 5.75 Å². The molecule has 1 unspecified atom stereocenters. The Hall–Kier alpha value is -1.41. The van der Waals surface area contributed by atoms with Crippen LogP contribution in [0.5, 0.6) is 5.75 Å². The molecule has 1 fully saturated rings. The minimum Gasteiger partial charge on any atom is -0.491 e. The summed E-state index contributed by atoms with van der Waals surface area (Å²) in [7, 11) is 1.45. The fraction of sp³-hybridized carbons (Fsp3) is 0.600. The van der Waals surface area contributed by atoms with E-state index in [-0.39, 0.29) is 31.5 Å². The van der Waals surface area contributed by atoms with E-state index in [2.05, 4.69) is 10.3 Å². The lowest BCUT2D eigenvalue weighted by Gasteiger charge is -2.29. The highest BCUT2D eigenvalue weighted by molar-refractivity contribution is 5.85. The molecule has 1 saturated carbocycles. The molecule has 0 saturated heterocycles. The lowest BCUT2D eigenvalue weighted by molar-refractivity contribution is -0.125. The van der Waals surface area contributed by atoms with Gasteiger partial charge in [-0.3, -0.25) is 9.78 Å². The Morgan fingerprint density at radius 1 is 1.43 bits per heavy atom. The first-order chi connectivity index (χ1) is 10.5. The molecule has 2 rings (SSSR count). The summed E-state index contributed by atoms with van der Waals surface area (Å²) < 4.78 is 10.5. The number of rotatable bonds is 7. The maximum absolute atomic E-state index is 11.6. The number of carbonyl (C=O) groups is 1. The normalized spacial score (nSPS) is 26.4. The number of methoxy groups -OCH3 is 1. The molecule has 1 aromatic rings. The van der Waals surface area contributed by atoms with E-state index in [0.717, 1.165) is 0 Å². The van der Waals surface area contributed by atoms with Gasteiger partial charge in [0.2, 0.25) is 5.91 Å². The maximum atomic E-state index is 11.6. The van der Waals surface area contributed by atoms with E-state index >= 15 is 0 Å². The monoisotopic (exact) mass is 346 g/mol. The largest absolute Gasteiger partial charge is 0.491 e. The number of nitrogens with zero attached hydrogens (tertiary/aromatic N) is 1. The van der Waals surface area contributed by atoms with E-state index in [0.29, 0.717) is 25.1 Å². The number of hydrogen-bond acceptors (Lipinski definition) is 6. The van der Waals surface area contributed by atoms with Crippen LogP contribution in [0.1, 0.15) is 12.8 Å². The molecule has 0 aliphatic heterocycles. The molecular weight excluding hydrogens is 324 g/mol. The first-order valence-corrected chi connectivity index (χ1v) is 7.19. The van der Waals surface area contributed by atoms with E-state index in [4.69, 9.17) is 9.47 Å². The SMILES string of the molecule is COCC(=O)NCC1(COc2cccnc2)C[C@@H](O)[C@@H](O)C1.Cl. The molecule has 0 radical (unpaired) electrons. The summed E-state index contributed by atoms with van der Waals surface area (Å²) >= 11 is 0. The van der Waals surface area contributed by atoms with Crippen LogP contribution in [-0.4, -0.2) is 60.2 Å². The molecule has 0 bridgehead atoms. The molecule has 0 spiro atoms. The van der Waals surface area contributed by atoms with Crippen LogP contribution in [0.25, 0.3) is 0 Å². The Morgan fingerprint density at radius 2 is 2.13 bits per heavy atom. The standard InChI is InChI=1S/C15H22N2O5.ClH/c1-21-8-14(20)17-9-15(5-12(18)13(19)6-15)10-22-11-3-2-4-16-7-11;/h2-4,7,12-13,18-19H,5-6,8-10H2,1H3,(H,17,20);1H/t12-,13+,15?;. The van der Waals surface area contributed by atoms with Gasteiger partial charge in [-0.05, 0) is 25.0 Å². The van der Waals surface area contributed by atoms with Crippen LogP contribution in [0.3, 0.4) is 0 Å². The van der Waals surface area contributed by atoms with Crippen molar-refractivity contribution in [2.24, 2.45) is 5.41 Å². The van der Waals surface area contributed by atoms with Crippen molar-refractivity contribution in [1.82, 2.24) is 10.3 Å². The second-order valence-electron chi connectivity index (χ2n) is 5.73. The zero-order valence-corrected chi connectivity index (χ0v) is 13.8. The topological polar surface area (TPSA) is 101 Å². The third-order valence-electron chi connectivity index (χ3n) is 3.84. The predicted octanol–water partition coefficient (Wildman–Crippen LogP) is 0.147. The van der Waals surface area contributed by atoms with Crippen LogP contribution in [0.15, 0.2) is 24.5 Å². The molecule has 3 atom stereocenters. The predicted molar refractivity (Wildman–Crippen MR) is 85.5 cm³/mol. The Morgan fingerprint density at radius 3 is 2.70 bits per heavy atom. The van der Waals surface area contributed by atoms with Gasteiger partial charge >= 0.3 is 0 Å². The molecule has 0 aromatic carbocycles. The van der Waals surface area contributed by atoms with Crippen LogP contribution >= 0.6 is 12.4 Å². The Kier molecular flexibility index (Phi) is 7.70. The molecule has 3 N–H and O–H groups in total. The van der Waals surface area contributed by atoms with Gasteiger partial charge in [-0.2, -0.15) is 0 Å². The highest BCUT2D eigenvalue weighted by Gasteiger charge is 2.45. The van der Waals surface area contributed by atoms with Gasteiger partial charge in [-0.15, -0.1) is 12.4 Å². The minimum absolute atomic E-state index is 0. The van der Waals surface area contributed by atoms with Gasteiger partial charge in [0.1, 0.15) is 12.4 Å². The lowest BCUT2D eigenvalue weighted by Crippen LogP contribution is -2.41. The van der Waals surface area contributed by atoms with E-state index in [1.165, 1.54) is 7.11 Å². The number of aromatic nitrogens is 1. The third-order valence-corrected chi connectivity index (χ3v) is 3.84. The fourth-order valence-electron chi connectivity index (χ4n) is 2.69. The number of halogens is 1. The van der Waals surface area contributed by atoms with Crippen molar-refractivity contribution in [3.05, 3.63) is 24.5 Å². The van der Waals surface area contributed by atoms with Crippen molar-refractivity contribution in [2.45, 2.75) is 25.0 Å². The summed E-state index contributed by atoms with van der Waals surface area (Å²) in [5, 5.41) is 22.4.